The van der Waals surface area contributed by atoms with Crippen LogP contribution in [0.25, 0.3) is 5.76 Å². The molecule has 1 aliphatic heterocycles. The molecule has 0 aliphatic carbocycles. The van der Waals surface area contributed by atoms with Gasteiger partial charge in [0.25, 0.3) is 11.7 Å². The monoisotopic (exact) mass is 467 g/mol. The van der Waals surface area contributed by atoms with Crippen molar-refractivity contribution in [3.05, 3.63) is 93.8 Å². The van der Waals surface area contributed by atoms with E-state index in [1.807, 2.05) is 0 Å². The van der Waals surface area contributed by atoms with Crippen LogP contribution in [0.4, 0.5) is 10.1 Å². The zero-order valence-corrected chi connectivity index (χ0v) is 18.4. The van der Waals surface area contributed by atoms with E-state index in [2.05, 4.69) is 0 Å². The predicted octanol–water partition coefficient (Wildman–Crippen LogP) is 5.13. The van der Waals surface area contributed by atoms with E-state index in [0.717, 1.165) is 0 Å². The maximum absolute atomic E-state index is 13.8. The number of aliphatic hydroxyl groups is 1. The number of rotatable bonds is 4. The Bertz CT molecular complexity index is 1300. The largest absolute Gasteiger partial charge is 0.507 e. The van der Waals surface area contributed by atoms with E-state index in [0.29, 0.717) is 17.0 Å². The molecule has 1 atom stereocenters. The van der Waals surface area contributed by atoms with E-state index in [4.69, 9.17) is 16.3 Å². The Balaban J connectivity index is 1.95. The van der Waals surface area contributed by atoms with Crippen LogP contribution in [-0.4, -0.2) is 29.0 Å². The van der Waals surface area contributed by atoms with Crippen LogP contribution >= 0.6 is 11.6 Å². The summed E-state index contributed by atoms with van der Waals surface area (Å²) in [5.41, 5.74) is 1.07. The molecule has 2 N–H and O–H groups in total. The molecule has 1 saturated heterocycles. The summed E-state index contributed by atoms with van der Waals surface area (Å²) in [5, 5.41) is 21.0. The number of phenols is 1. The zero-order chi connectivity index (χ0) is 23.9. The quantitative estimate of drug-likeness (QED) is 0.315. The highest BCUT2D eigenvalue weighted by atomic mass is 35.5. The van der Waals surface area contributed by atoms with E-state index in [1.165, 1.54) is 55.3 Å². The maximum Gasteiger partial charge on any atom is 0.300 e. The van der Waals surface area contributed by atoms with Gasteiger partial charge in [0.15, 0.2) is 0 Å². The van der Waals surface area contributed by atoms with Crippen LogP contribution in [-0.2, 0) is 9.59 Å². The topological polar surface area (TPSA) is 87.1 Å². The molecule has 1 aliphatic rings. The zero-order valence-electron chi connectivity index (χ0n) is 17.7. The fourth-order valence-corrected chi connectivity index (χ4v) is 3.99. The van der Waals surface area contributed by atoms with Crippen LogP contribution in [0.3, 0.4) is 0 Å². The van der Waals surface area contributed by atoms with Gasteiger partial charge in [-0.05, 0) is 72.6 Å². The Labute approximate surface area is 194 Å². The number of phenolic OH excluding ortho intramolecular Hbond substituents is 1. The van der Waals surface area contributed by atoms with Crippen molar-refractivity contribution in [2.45, 2.75) is 13.0 Å². The fraction of sp³-hybridized carbons (Fsp3) is 0.120. The normalized spacial score (nSPS) is 17.5. The summed E-state index contributed by atoms with van der Waals surface area (Å²) in [6.07, 6.45) is 0. The standard InChI is InChI=1S/C25H19ClFNO5/c1-13-11-15(3-9-19(13)27)23(30)21-22(14-4-10-20(29)18(26)12-14)28(25(32)24(21)31)16-5-7-17(33-2)8-6-16/h3-12,22,29-30H,1-2H3/b23-21-. The highest BCUT2D eigenvalue weighted by molar-refractivity contribution is 6.51. The molecular weight excluding hydrogens is 449 g/mol. The van der Waals surface area contributed by atoms with E-state index in [-0.39, 0.29) is 27.5 Å². The molecule has 0 bridgehead atoms. The molecule has 0 saturated carbocycles. The first-order chi connectivity index (χ1) is 15.7. The molecule has 4 rings (SSSR count). The Kier molecular flexibility index (Phi) is 5.82. The van der Waals surface area contributed by atoms with Crippen LogP contribution in [0.2, 0.25) is 5.02 Å². The third kappa shape index (κ3) is 3.91. The molecule has 3 aromatic rings. The number of carbonyl (C=O) groups is 2. The number of halogens is 2. The number of anilines is 1. The molecule has 6 nitrogen and oxygen atoms in total. The summed E-state index contributed by atoms with van der Waals surface area (Å²) in [6.45, 7) is 1.53. The number of hydrogen-bond acceptors (Lipinski definition) is 5. The fourth-order valence-electron chi connectivity index (χ4n) is 3.80. The number of methoxy groups -OCH3 is 1. The van der Waals surface area contributed by atoms with Crippen molar-refractivity contribution >= 4 is 34.7 Å². The van der Waals surface area contributed by atoms with Crippen molar-refractivity contribution in [3.8, 4) is 11.5 Å². The smallest absolute Gasteiger partial charge is 0.300 e. The second kappa shape index (κ2) is 8.60. The Morgan fingerprint density at radius 1 is 1.06 bits per heavy atom. The first-order valence-electron chi connectivity index (χ1n) is 9.93. The number of benzene rings is 3. The van der Waals surface area contributed by atoms with Gasteiger partial charge < -0.3 is 14.9 Å². The number of hydrogen-bond donors (Lipinski definition) is 2. The highest BCUT2D eigenvalue weighted by Gasteiger charge is 2.47. The summed E-state index contributed by atoms with van der Waals surface area (Å²) in [5.74, 6) is -2.28. The lowest BCUT2D eigenvalue weighted by atomic mass is 9.94. The number of ether oxygens (including phenoxy) is 1. The van der Waals surface area contributed by atoms with Gasteiger partial charge in [-0.15, -0.1) is 0 Å². The van der Waals surface area contributed by atoms with E-state index in [1.54, 1.807) is 24.3 Å². The number of aromatic hydroxyl groups is 1. The van der Waals surface area contributed by atoms with Crippen LogP contribution in [0, 0.1) is 12.7 Å². The Hall–Kier alpha value is -3.84. The summed E-state index contributed by atoms with van der Waals surface area (Å²) < 4.78 is 18.9. The first-order valence-corrected chi connectivity index (χ1v) is 10.3. The minimum atomic E-state index is -1.04. The Morgan fingerprint density at radius 3 is 2.36 bits per heavy atom. The van der Waals surface area contributed by atoms with Crippen LogP contribution in [0.5, 0.6) is 11.5 Å². The van der Waals surface area contributed by atoms with E-state index >= 15 is 0 Å². The third-order valence-electron chi connectivity index (χ3n) is 5.51. The minimum absolute atomic E-state index is 0.0189. The van der Waals surface area contributed by atoms with Crippen molar-refractivity contribution in [2.24, 2.45) is 0 Å². The van der Waals surface area contributed by atoms with Crippen LogP contribution in [0.15, 0.2) is 66.2 Å². The van der Waals surface area contributed by atoms with Crippen molar-refractivity contribution in [2.75, 3.05) is 12.0 Å². The summed E-state index contributed by atoms with van der Waals surface area (Å²) in [6, 6.07) is 13.6. The number of aryl methyl sites for hydroxylation is 1. The van der Waals surface area contributed by atoms with Gasteiger partial charge in [0.2, 0.25) is 0 Å². The lowest BCUT2D eigenvalue weighted by Gasteiger charge is -2.26. The molecule has 168 valence electrons. The average Bonchev–Trinajstić information content (AvgIpc) is 3.07. The van der Waals surface area contributed by atoms with Gasteiger partial charge in [-0.3, -0.25) is 14.5 Å². The van der Waals surface area contributed by atoms with Crippen LogP contribution < -0.4 is 9.64 Å². The SMILES string of the molecule is COc1ccc(N2C(=O)C(=O)/C(=C(\O)c3ccc(F)c(C)c3)C2c2ccc(O)c(Cl)c2)cc1. The van der Waals surface area contributed by atoms with E-state index in [9.17, 15) is 24.2 Å². The van der Waals surface area contributed by atoms with Gasteiger partial charge in [-0.2, -0.15) is 0 Å². The Morgan fingerprint density at radius 2 is 1.76 bits per heavy atom. The summed E-state index contributed by atoms with van der Waals surface area (Å²) in [7, 11) is 1.50. The van der Waals surface area contributed by atoms with Gasteiger partial charge in [0.1, 0.15) is 23.1 Å². The van der Waals surface area contributed by atoms with Gasteiger partial charge in [-0.1, -0.05) is 17.7 Å². The summed E-state index contributed by atoms with van der Waals surface area (Å²) >= 11 is 6.11. The van der Waals surface area contributed by atoms with Gasteiger partial charge >= 0.3 is 0 Å². The lowest BCUT2D eigenvalue weighted by molar-refractivity contribution is -0.132. The molecule has 1 unspecified atom stereocenters. The average molecular weight is 468 g/mol. The van der Waals surface area contributed by atoms with Crippen molar-refractivity contribution in [3.63, 3.8) is 0 Å². The number of aliphatic hydroxyl groups excluding tert-OH is 1. The molecule has 1 heterocycles. The van der Waals surface area contributed by atoms with Crippen molar-refractivity contribution < 1.29 is 28.9 Å². The number of Topliss-reactive ketones (excluding diaryl/α,β-unsaturated/α-hetero) is 1. The molecule has 0 radical (unpaired) electrons. The highest BCUT2D eigenvalue weighted by Crippen LogP contribution is 2.43. The lowest BCUT2D eigenvalue weighted by Crippen LogP contribution is -2.29. The minimum Gasteiger partial charge on any atom is -0.507 e. The number of carbonyl (C=O) groups excluding carboxylic acids is 2. The third-order valence-corrected chi connectivity index (χ3v) is 5.82. The molecule has 8 heteroatoms. The molecule has 1 amide bonds. The number of nitrogens with zero attached hydrogens (tertiary/aromatic N) is 1. The predicted molar refractivity (Wildman–Crippen MR) is 122 cm³/mol. The second-order valence-corrected chi connectivity index (χ2v) is 7.95. The van der Waals surface area contributed by atoms with Crippen molar-refractivity contribution in [1.82, 2.24) is 0 Å². The van der Waals surface area contributed by atoms with E-state index < -0.39 is 29.3 Å². The molecular formula is C25H19ClFNO5. The van der Waals surface area contributed by atoms with Gasteiger partial charge in [0, 0.05) is 11.3 Å². The molecule has 0 aromatic heterocycles. The number of amides is 1. The molecule has 0 spiro atoms. The molecule has 1 fully saturated rings. The molecule has 33 heavy (non-hydrogen) atoms. The van der Waals surface area contributed by atoms with Crippen molar-refractivity contribution in [1.29, 1.82) is 0 Å². The number of ketones is 1. The second-order valence-electron chi connectivity index (χ2n) is 7.54. The summed E-state index contributed by atoms with van der Waals surface area (Å²) in [4.78, 5) is 27.5. The van der Waals surface area contributed by atoms with Crippen LogP contribution in [0.1, 0.15) is 22.7 Å². The molecule has 3 aromatic carbocycles. The first kappa shape index (κ1) is 22.4. The maximum atomic E-state index is 13.8. The van der Waals surface area contributed by atoms with Gasteiger partial charge in [-0.25, -0.2) is 4.39 Å². The van der Waals surface area contributed by atoms with Gasteiger partial charge in [0.05, 0.1) is 23.7 Å².